The number of alkyl carbamates (subject to hydrolysis) is 1. The van der Waals surface area contributed by atoms with Gasteiger partial charge in [-0.15, -0.1) is 12.4 Å². The van der Waals surface area contributed by atoms with Gasteiger partial charge in [-0.3, -0.25) is 4.79 Å². The van der Waals surface area contributed by atoms with Gasteiger partial charge in [0.05, 0.1) is 19.1 Å². The van der Waals surface area contributed by atoms with Crippen LogP contribution < -0.4 is 11.1 Å². The summed E-state index contributed by atoms with van der Waals surface area (Å²) in [5.41, 5.74) is 5.80. The number of amides is 1. The zero-order valence-corrected chi connectivity index (χ0v) is 17.5. The van der Waals surface area contributed by atoms with Crippen molar-refractivity contribution in [2.24, 2.45) is 23.5 Å². The summed E-state index contributed by atoms with van der Waals surface area (Å²) >= 11 is 0. The first-order valence-corrected chi connectivity index (χ1v) is 9.06. The van der Waals surface area contributed by atoms with Gasteiger partial charge >= 0.3 is 12.1 Å². The fraction of sp³-hybridized carbons (Fsp3) is 0.889. The third kappa shape index (κ3) is 6.28. The van der Waals surface area contributed by atoms with Crippen LogP contribution in [0.25, 0.3) is 0 Å². The van der Waals surface area contributed by atoms with E-state index >= 15 is 0 Å². The van der Waals surface area contributed by atoms with E-state index in [0.717, 1.165) is 12.8 Å². The fourth-order valence-corrected chi connectivity index (χ4v) is 3.72. The van der Waals surface area contributed by atoms with E-state index in [2.05, 4.69) is 5.32 Å². The van der Waals surface area contributed by atoms with Crippen LogP contribution in [0.15, 0.2) is 0 Å². The van der Waals surface area contributed by atoms with Gasteiger partial charge in [-0.1, -0.05) is 26.7 Å². The van der Waals surface area contributed by atoms with Gasteiger partial charge in [0, 0.05) is 18.0 Å². The number of halogens is 1. The highest BCUT2D eigenvalue weighted by Gasteiger charge is 2.50. The lowest BCUT2D eigenvalue weighted by molar-refractivity contribution is -0.149. The van der Waals surface area contributed by atoms with Crippen LogP contribution in [-0.4, -0.2) is 48.1 Å². The number of nitrogens with two attached hydrogens (primary N) is 1. The Hall–Kier alpha value is -1.05. The largest absolute Gasteiger partial charge is 0.469 e. The Balaban J connectivity index is 0.00000625. The van der Waals surface area contributed by atoms with Crippen molar-refractivity contribution in [1.82, 2.24) is 5.32 Å². The molecule has 8 heteroatoms. The summed E-state index contributed by atoms with van der Waals surface area (Å²) in [7, 11) is 1.29. The molecule has 154 valence electrons. The van der Waals surface area contributed by atoms with Gasteiger partial charge in [0.2, 0.25) is 0 Å². The number of rotatable bonds is 6. The Kier molecular flexibility index (Phi) is 9.91. The maximum Gasteiger partial charge on any atom is 0.407 e. The molecule has 0 bridgehead atoms. The van der Waals surface area contributed by atoms with Crippen LogP contribution in [0, 0.1) is 17.8 Å². The van der Waals surface area contributed by atoms with Crippen molar-refractivity contribution in [2.45, 2.75) is 77.7 Å². The maximum atomic E-state index is 12.2. The van der Waals surface area contributed by atoms with E-state index in [1.165, 1.54) is 7.11 Å². The van der Waals surface area contributed by atoms with Crippen molar-refractivity contribution in [3.63, 3.8) is 0 Å². The summed E-state index contributed by atoms with van der Waals surface area (Å²) in [5.74, 6) is -1.42. The Bertz CT molecular complexity index is 465. The molecular weight excluding hydrogens is 360 g/mol. The number of carbonyl (C=O) groups is 2. The molecule has 0 heterocycles. The number of carbonyl (C=O) groups excluding carboxylic acids is 2. The van der Waals surface area contributed by atoms with Gasteiger partial charge in [-0.2, -0.15) is 0 Å². The summed E-state index contributed by atoms with van der Waals surface area (Å²) in [6, 6.07) is -0.774. The summed E-state index contributed by atoms with van der Waals surface area (Å²) in [6.45, 7) is 9.43. The van der Waals surface area contributed by atoms with Crippen LogP contribution in [0.1, 0.15) is 53.9 Å². The molecule has 1 aliphatic rings. The summed E-state index contributed by atoms with van der Waals surface area (Å²) in [4.78, 5) is 24.2. The first-order chi connectivity index (χ1) is 11.6. The van der Waals surface area contributed by atoms with Crippen molar-refractivity contribution in [3.8, 4) is 0 Å². The molecule has 0 radical (unpaired) electrons. The molecule has 0 aliphatic heterocycles. The van der Waals surface area contributed by atoms with Crippen molar-refractivity contribution in [3.05, 3.63) is 0 Å². The lowest BCUT2D eigenvalue weighted by Gasteiger charge is -2.33. The third-order valence-corrected chi connectivity index (χ3v) is 5.02. The van der Waals surface area contributed by atoms with Gasteiger partial charge in [0.15, 0.2) is 0 Å². The number of nitrogens with one attached hydrogen (secondary N) is 1. The lowest BCUT2D eigenvalue weighted by Crippen LogP contribution is -2.51. The molecule has 4 N–H and O–H groups in total. The van der Waals surface area contributed by atoms with E-state index in [1.807, 2.05) is 13.8 Å². The molecule has 0 unspecified atom stereocenters. The number of esters is 1. The lowest BCUT2D eigenvalue weighted by atomic mass is 9.81. The quantitative estimate of drug-likeness (QED) is 0.596. The second-order valence-corrected chi connectivity index (χ2v) is 7.84. The molecule has 1 saturated carbocycles. The van der Waals surface area contributed by atoms with Crippen LogP contribution in [0.2, 0.25) is 0 Å². The number of aliphatic hydroxyl groups excluding tert-OH is 1. The molecule has 1 fully saturated rings. The Morgan fingerprint density at radius 3 is 2.23 bits per heavy atom. The number of hydrogen-bond acceptors (Lipinski definition) is 6. The topological polar surface area (TPSA) is 111 Å². The van der Waals surface area contributed by atoms with E-state index in [-0.39, 0.29) is 30.8 Å². The second-order valence-electron chi connectivity index (χ2n) is 7.84. The monoisotopic (exact) mass is 394 g/mol. The van der Waals surface area contributed by atoms with Crippen LogP contribution in [0.3, 0.4) is 0 Å². The van der Waals surface area contributed by atoms with E-state index in [4.69, 9.17) is 15.2 Å². The third-order valence-electron chi connectivity index (χ3n) is 5.02. The number of hydrogen-bond donors (Lipinski definition) is 3. The summed E-state index contributed by atoms with van der Waals surface area (Å²) in [5, 5.41) is 13.5. The van der Waals surface area contributed by atoms with E-state index in [0.29, 0.717) is 0 Å². The van der Waals surface area contributed by atoms with Crippen LogP contribution >= 0.6 is 12.4 Å². The number of ether oxygens (including phenoxy) is 2. The predicted octanol–water partition coefficient (Wildman–Crippen LogP) is 2.24. The molecule has 1 rings (SSSR count). The highest BCUT2D eigenvalue weighted by molar-refractivity contribution is 5.85. The Morgan fingerprint density at radius 1 is 1.27 bits per heavy atom. The molecule has 1 amide bonds. The SMILES string of the molecule is CCC(CC)[C@H](N)[C@H]1[C@H](O)[C@@H](C(=O)OC)C[C@H]1NC(=O)OC(C)(C)C.Cl. The molecule has 5 atom stereocenters. The molecule has 0 aromatic rings. The average Bonchev–Trinajstić information content (AvgIpc) is 2.81. The standard InChI is InChI=1S/C18H34N2O5.ClH/c1-7-10(8-2)14(19)13-12(20-17(23)25-18(3,4)5)9-11(15(13)21)16(22)24-6;/h10-15,21H,7-9,19H2,1-6H3,(H,20,23);1H/t11-,12+,13-,14-,15+;/m0./s1. The first kappa shape index (κ1) is 24.9. The predicted molar refractivity (Wildman–Crippen MR) is 102 cm³/mol. The van der Waals surface area contributed by atoms with Crippen molar-refractivity contribution in [2.75, 3.05) is 7.11 Å². The summed E-state index contributed by atoms with van der Waals surface area (Å²) in [6.07, 6.45) is 0.484. The molecule has 0 spiro atoms. The smallest absolute Gasteiger partial charge is 0.407 e. The van der Waals surface area contributed by atoms with Gasteiger partial charge in [-0.25, -0.2) is 4.79 Å². The van der Waals surface area contributed by atoms with E-state index in [1.54, 1.807) is 20.8 Å². The van der Waals surface area contributed by atoms with Crippen molar-refractivity contribution in [1.29, 1.82) is 0 Å². The fourth-order valence-electron chi connectivity index (χ4n) is 3.72. The highest BCUT2D eigenvalue weighted by Crippen LogP contribution is 2.37. The minimum Gasteiger partial charge on any atom is -0.469 e. The molecule has 1 aliphatic carbocycles. The zero-order chi connectivity index (χ0) is 19.4. The molecule has 7 nitrogen and oxygen atoms in total. The summed E-state index contributed by atoms with van der Waals surface area (Å²) < 4.78 is 10.1. The van der Waals surface area contributed by atoms with Gasteiger partial charge in [0.1, 0.15) is 5.60 Å². The molecule has 0 aromatic heterocycles. The molecule has 26 heavy (non-hydrogen) atoms. The van der Waals surface area contributed by atoms with E-state index in [9.17, 15) is 14.7 Å². The highest BCUT2D eigenvalue weighted by atomic mass is 35.5. The zero-order valence-electron chi connectivity index (χ0n) is 16.7. The Labute approximate surface area is 162 Å². The number of aliphatic hydroxyl groups is 1. The molecule has 0 aromatic carbocycles. The van der Waals surface area contributed by atoms with Crippen molar-refractivity contribution < 1.29 is 24.2 Å². The van der Waals surface area contributed by atoms with Gasteiger partial charge in [-0.05, 0) is 33.1 Å². The average molecular weight is 395 g/mol. The van der Waals surface area contributed by atoms with Gasteiger partial charge in [0.25, 0.3) is 0 Å². The number of methoxy groups -OCH3 is 1. The first-order valence-electron chi connectivity index (χ1n) is 9.06. The second kappa shape index (κ2) is 10.3. The van der Waals surface area contributed by atoms with Crippen LogP contribution in [0.4, 0.5) is 4.79 Å². The molecule has 0 saturated heterocycles. The Morgan fingerprint density at radius 2 is 1.81 bits per heavy atom. The maximum absolute atomic E-state index is 12.2. The van der Waals surface area contributed by atoms with Crippen LogP contribution in [-0.2, 0) is 14.3 Å². The van der Waals surface area contributed by atoms with Gasteiger partial charge < -0.3 is 25.6 Å². The van der Waals surface area contributed by atoms with Crippen molar-refractivity contribution >= 4 is 24.5 Å². The van der Waals surface area contributed by atoms with E-state index < -0.39 is 41.6 Å². The minimum absolute atomic E-state index is 0. The normalized spacial score (nSPS) is 26.8. The minimum atomic E-state index is -0.956. The van der Waals surface area contributed by atoms with Crippen LogP contribution in [0.5, 0.6) is 0 Å². The molecular formula is C18H35ClN2O5.